The molecule has 0 aliphatic carbocycles. The van der Waals surface area contributed by atoms with E-state index in [1.165, 1.54) is 27.5 Å². The van der Waals surface area contributed by atoms with Crippen LogP contribution < -0.4 is 4.74 Å². The maximum absolute atomic E-state index is 6.75. The van der Waals surface area contributed by atoms with Crippen LogP contribution in [-0.4, -0.2) is 18.5 Å². The van der Waals surface area contributed by atoms with E-state index in [4.69, 9.17) is 4.74 Å². The second-order valence-electron chi connectivity index (χ2n) is 7.12. The first-order chi connectivity index (χ1) is 12.2. The van der Waals surface area contributed by atoms with Gasteiger partial charge < -0.3 is 4.74 Å². The van der Waals surface area contributed by atoms with Crippen LogP contribution in [0.2, 0.25) is 0 Å². The molecular weight excluding hydrogens is 374 g/mol. The zero-order chi connectivity index (χ0) is 17.0. The summed E-state index contributed by atoms with van der Waals surface area (Å²) >= 11 is 3.57. The minimum Gasteiger partial charge on any atom is -0.468 e. The van der Waals surface area contributed by atoms with Gasteiger partial charge in [-0.2, -0.15) is 0 Å². The molecule has 3 aromatic rings. The first-order valence-corrected chi connectivity index (χ1v) is 9.66. The van der Waals surface area contributed by atoms with Gasteiger partial charge in [0.25, 0.3) is 0 Å². The quantitative estimate of drug-likeness (QED) is 0.515. The van der Waals surface area contributed by atoms with Crippen molar-refractivity contribution in [2.75, 3.05) is 13.6 Å². The van der Waals surface area contributed by atoms with Crippen LogP contribution in [-0.2, 0) is 18.6 Å². The van der Waals surface area contributed by atoms with Gasteiger partial charge in [-0.15, -0.1) is 0 Å². The van der Waals surface area contributed by atoms with E-state index in [1.54, 1.807) is 0 Å². The number of aryl methyl sites for hydroxylation is 1. The molecule has 0 N–H and O–H groups in total. The topological polar surface area (TPSA) is 12.5 Å². The van der Waals surface area contributed by atoms with Gasteiger partial charge in [0.15, 0.2) is 5.72 Å². The Labute approximate surface area is 156 Å². The largest absolute Gasteiger partial charge is 0.468 e. The maximum atomic E-state index is 6.75. The zero-order valence-corrected chi connectivity index (χ0v) is 15.8. The second-order valence-corrected chi connectivity index (χ2v) is 8.04. The van der Waals surface area contributed by atoms with Gasteiger partial charge in [0, 0.05) is 28.6 Å². The highest BCUT2D eigenvalue weighted by Gasteiger charge is 2.45. The first-order valence-electron chi connectivity index (χ1n) is 8.87. The molecule has 126 valence electrons. The number of nitrogens with zero attached hydrogens (tertiary/aromatic N) is 1. The normalized spacial score (nSPS) is 22.5. The van der Waals surface area contributed by atoms with Gasteiger partial charge >= 0.3 is 0 Å². The van der Waals surface area contributed by atoms with Crippen molar-refractivity contribution in [2.24, 2.45) is 0 Å². The Bertz CT molecular complexity index is 983. The molecule has 0 saturated heterocycles. The molecule has 0 bridgehead atoms. The highest BCUT2D eigenvalue weighted by atomic mass is 79.9. The minimum absolute atomic E-state index is 0.328. The fourth-order valence-corrected chi connectivity index (χ4v) is 4.86. The molecule has 0 saturated carbocycles. The molecule has 0 aromatic heterocycles. The number of rotatable bonds is 0. The summed E-state index contributed by atoms with van der Waals surface area (Å²) in [7, 11) is 2.19. The van der Waals surface area contributed by atoms with Crippen LogP contribution in [0.4, 0.5) is 0 Å². The third kappa shape index (κ3) is 2.26. The lowest BCUT2D eigenvalue weighted by atomic mass is 9.83. The highest BCUT2D eigenvalue weighted by Crippen LogP contribution is 2.46. The summed E-state index contributed by atoms with van der Waals surface area (Å²) in [4.78, 5) is 2.39. The van der Waals surface area contributed by atoms with E-state index in [-0.39, 0.29) is 5.72 Å². The summed E-state index contributed by atoms with van der Waals surface area (Å²) in [5.41, 5.74) is 3.77. The zero-order valence-electron chi connectivity index (χ0n) is 14.3. The van der Waals surface area contributed by atoms with Crippen LogP contribution in [0.3, 0.4) is 0 Å². The second kappa shape index (κ2) is 5.58. The van der Waals surface area contributed by atoms with E-state index in [0.29, 0.717) is 0 Å². The Morgan fingerprint density at radius 3 is 2.84 bits per heavy atom. The average Bonchev–Trinajstić information content (AvgIpc) is 2.64. The molecule has 0 amide bonds. The van der Waals surface area contributed by atoms with E-state index in [2.05, 4.69) is 82.5 Å². The highest BCUT2D eigenvalue weighted by molar-refractivity contribution is 9.10. The Hall–Kier alpha value is -1.84. The average molecular weight is 394 g/mol. The predicted octanol–water partition coefficient (Wildman–Crippen LogP) is 5.27. The first kappa shape index (κ1) is 15.4. The Morgan fingerprint density at radius 2 is 1.92 bits per heavy atom. The van der Waals surface area contributed by atoms with Crippen molar-refractivity contribution in [1.29, 1.82) is 0 Å². The molecule has 2 heterocycles. The summed E-state index contributed by atoms with van der Waals surface area (Å²) in [5, 5.41) is 2.58. The SMILES string of the molecule is CN1CCc2ccccc2C12CCc1c(ccc3cc(Br)ccc13)O2. The Morgan fingerprint density at radius 1 is 1.04 bits per heavy atom. The van der Waals surface area contributed by atoms with E-state index in [0.717, 1.165) is 36.0 Å². The van der Waals surface area contributed by atoms with Crippen LogP contribution in [0.1, 0.15) is 23.1 Å². The smallest absolute Gasteiger partial charge is 0.190 e. The van der Waals surface area contributed by atoms with Crippen LogP contribution in [0.25, 0.3) is 10.8 Å². The van der Waals surface area contributed by atoms with Crippen LogP contribution in [0.5, 0.6) is 5.75 Å². The molecule has 25 heavy (non-hydrogen) atoms. The molecule has 5 rings (SSSR count). The molecule has 0 fully saturated rings. The number of halogens is 1. The van der Waals surface area contributed by atoms with Gasteiger partial charge in [0.05, 0.1) is 0 Å². The molecule has 1 spiro atoms. The fourth-order valence-electron chi connectivity index (χ4n) is 4.48. The van der Waals surface area contributed by atoms with Gasteiger partial charge in [0.2, 0.25) is 0 Å². The van der Waals surface area contributed by atoms with Crippen LogP contribution in [0, 0.1) is 0 Å². The lowest BCUT2D eigenvalue weighted by molar-refractivity contribution is -0.100. The standard InChI is InChI=1S/C22H20BrNO/c1-24-13-11-15-4-2-3-5-20(15)22(24)12-10-19-18-8-7-17(23)14-16(18)6-9-21(19)25-22/h2-9,14H,10-13H2,1H3. The summed E-state index contributed by atoms with van der Waals surface area (Å²) in [6.07, 6.45) is 3.12. The van der Waals surface area contributed by atoms with E-state index >= 15 is 0 Å². The number of fused-ring (bicyclic) bond motifs is 5. The van der Waals surface area contributed by atoms with Crippen molar-refractivity contribution in [3.05, 3.63) is 75.8 Å². The lowest BCUT2D eigenvalue weighted by Crippen LogP contribution is -2.54. The summed E-state index contributed by atoms with van der Waals surface area (Å²) < 4.78 is 7.87. The third-order valence-corrected chi connectivity index (χ3v) is 6.31. The molecule has 3 aromatic carbocycles. The van der Waals surface area contributed by atoms with Crippen molar-refractivity contribution < 1.29 is 4.74 Å². The van der Waals surface area contributed by atoms with Crippen molar-refractivity contribution in [3.8, 4) is 5.75 Å². The van der Waals surface area contributed by atoms with Crippen LogP contribution >= 0.6 is 15.9 Å². The van der Waals surface area contributed by atoms with Gasteiger partial charge in [0.1, 0.15) is 5.75 Å². The predicted molar refractivity (Wildman–Crippen MR) is 105 cm³/mol. The molecular formula is C22H20BrNO. The summed E-state index contributed by atoms with van der Waals surface area (Å²) in [6.45, 7) is 1.03. The van der Waals surface area contributed by atoms with Crippen molar-refractivity contribution in [1.82, 2.24) is 4.90 Å². The lowest BCUT2D eigenvalue weighted by Gasteiger charge is -2.48. The van der Waals surface area contributed by atoms with Gasteiger partial charge in [-0.25, -0.2) is 0 Å². The molecule has 1 atom stereocenters. The maximum Gasteiger partial charge on any atom is 0.190 e. The molecule has 1 unspecified atom stereocenters. The van der Waals surface area contributed by atoms with E-state index < -0.39 is 0 Å². The molecule has 2 nitrogen and oxygen atoms in total. The minimum atomic E-state index is -0.328. The van der Waals surface area contributed by atoms with Crippen molar-refractivity contribution in [2.45, 2.75) is 25.0 Å². The van der Waals surface area contributed by atoms with E-state index in [9.17, 15) is 0 Å². The molecule has 2 aliphatic rings. The number of likely N-dealkylation sites (N-methyl/N-ethyl adjacent to an activating group) is 1. The molecule has 2 aliphatic heterocycles. The number of ether oxygens (including phenoxy) is 1. The molecule has 3 heteroatoms. The monoisotopic (exact) mass is 393 g/mol. The Balaban J connectivity index is 1.66. The fraction of sp³-hybridized carbons (Fsp3) is 0.273. The van der Waals surface area contributed by atoms with E-state index in [1.807, 2.05) is 0 Å². The summed E-state index contributed by atoms with van der Waals surface area (Å²) in [6, 6.07) is 19.6. The third-order valence-electron chi connectivity index (χ3n) is 5.81. The Kier molecular flexibility index (Phi) is 3.44. The summed E-state index contributed by atoms with van der Waals surface area (Å²) in [5.74, 6) is 1.03. The van der Waals surface area contributed by atoms with Crippen LogP contribution in [0.15, 0.2) is 59.1 Å². The molecule has 0 radical (unpaired) electrons. The van der Waals surface area contributed by atoms with Gasteiger partial charge in [-0.05, 0) is 54.4 Å². The van der Waals surface area contributed by atoms with Gasteiger partial charge in [-0.3, -0.25) is 4.90 Å². The number of hydrogen-bond donors (Lipinski definition) is 0. The number of hydrogen-bond acceptors (Lipinski definition) is 2. The van der Waals surface area contributed by atoms with Crippen molar-refractivity contribution >= 4 is 26.7 Å². The van der Waals surface area contributed by atoms with Gasteiger partial charge in [-0.1, -0.05) is 52.3 Å². The van der Waals surface area contributed by atoms with Crippen molar-refractivity contribution in [3.63, 3.8) is 0 Å². The number of benzene rings is 3.